The lowest BCUT2D eigenvalue weighted by atomic mass is 9.99. The first-order chi connectivity index (χ1) is 19.7. The number of benzene rings is 6. The molecule has 1 heterocycles. The Balaban J connectivity index is 1.11. The van der Waals surface area contributed by atoms with Gasteiger partial charge in [-0.2, -0.15) is 0 Å². The highest BCUT2D eigenvalue weighted by Gasteiger charge is 2.27. The average molecular weight is 536 g/mol. The van der Waals surface area contributed by atoms with Gasteiger partial charge in [0, 0.05) is 22.2 Å². The molecule has 0 aliphatic carbocycles. The monoisotopic (exact) mass is 535 g/mol. The number of anilines is 1. The zero-order valence-corrected chi connectivity index (χ0v) is 22.5. The average Bonchev–Trinajstić information content (AvgIpc) is 3.46. The minimum absolute atomic E-state index is 0.287. The second-order valence-corrected chi connectivity index (χ2v) is 10.4. The van der Waals surface area contributed by atoms with Gasteiger partial charge in [-0.15, -0.1) is 0 Å². The molecule has 1 N–H and O–H groups in total. The molecular weight excluding hydrogens is 510 g/mol. The lowest BCUT2D eigenvalue weighted by Gasteiger charge is -2.13. The van der Waals surface area contributed by atoms with Crippen LogP contribution < -0.4 is 10.1 Å². The van der Waals surface area contributed by atoms with Crippen LogP contribution in [0.3, 0.4) is 0 Å². The number of nitrogens with one attached hydrogen (secondary N) is 1. The molecule has 0 saturated carbocycles. The van der Waals surface area contributed by atoms with Gasteiger partial charge in [0.15, 0.2) is 6.23 Å². The van der Waals surface area contributed by atoms with Crippen LogP contribution in [0.4, 0.5) is 5.69 Å². The first-order valence-corrected chi connectivity index (χ1v) is 13.8. The van der Waals surface area contributed by atoms with Crippen LogP contribution in [0.25, 0.3) is 44.5 Å². The van der Waals surface area contributed by atoms with E-state index in [4.69, 9.17) is 16.3 Å². The van der Waals surface area contributed by atoms with Gasteiger partial charge < -0.3 is 10.1 Å². The molecule has 192 valence electrons. The van der Waals surface area contributed by atoms with E-state index in [9.17, 15) is 0 Å². The normalized spacial score (nSPS) is 13.8. The van der Waals surface area contributed by atoms with Crippen LogP contribution >= 0.6 is 11.6 Å². The van der Waals surface area contributed by atoms with E-state index in [0.29, 0.717) is 5.02 Å². The van der Waals surface area contributed by atoms with Crippen LogP contribution in [0.1, 0.15) is 11.8 Å². The van der Waals surface area contributed by atoms with E-state index in [-0.39, 0.29) is 6.23 Å². The van der Waals surface area contributed by atoms with E-state index in [2.05, 4.69) is 127 Å². The number of ether oxygens (including phenoxy) is 1. The van der Waals surface area contributed by atoms with Crippen molar-refractivity contribution in [1.82, 2.24) is 0 Å². The molecule has 3 heteroatoms. The maximum Gasteiger partial charge on any atom is 0.196 e. The van der Waals surface area contributed by atoms with Crippen LogP contribution in [0.15, 0.2) is 146 Å². The van der Waals surface area contributed by atoms with Crippen molar-refractivity contribution in [2.45, 2.75) is 6.23 Å². The number of hydrogen-bond acceptors (Lipinski definition) is 2. The molecule has 0 spiro atoms. The summed E-state index contributed by atoms with van der Waals surface area (Å²) in [7, 11) is 0. The van der Waals surface area contributed by atoms with Gasteiger partial charge in [-0.1, -0.05) is 145 Å². The number of hydrogen-bond donors (Lipinski definition) is 1. The Labute approximate surface area is 239 Å². The molecule has 0 amide bonds. The number of halogens is 1. The molecule has 0 saturated heterocycles. The fourth-order valence-electron chi connectivity index (χ4n) is 5.30. The highest BCUT2D eigenvalue weighted by atomic mass is 35.5. The Hall–Kier alpha value is -4.79. The van der Waals surface area contributed by atoms with Gasteiger partial charge in [-0.3, -0.25) is 0 Å². The Bertz CT molecular complexity index is 1760. The summed E-state index contributed by atoms with van der Waals surface area (Å²) in [6, 6.07) is 50.5. The summed E-state index contributed by atoms with van der Waals surface area (Å²) < 4.78 is 6.34. The minimum Gasteiger partial charge on any atom is -0.464 e. The van der Waals surface area contributed by atoms with Crippen molar-refractivity contribution >= 4 is 17.3 Å². The smallest absolute Gasteiger partial charge is 0.196 e. The standard InChI is InChI=1S/C37H26ClNO/c38-33-23-34(31-19-15-28(16-20-31)26-9-5-2-6-10-26)36-35(24-33)40-37(39-36)32-21-17-30(18-22-32)29-13-11-27(12-14-29)25-7-3-1-4-8-25/h1-24,37,39H. The van der Waals surface area contributed by atoms with Gasteiger partial charge >= 0.3 is 0 Å². The summed E-state index contributed by atoms with van der Waals surface area (Å²) in [6.45, 7) is 0. The quantitative estimate of drug-likeness (QED) is 0.237. The van der Waals surface area contributed by atoms with Crippen molar-refractivity contribution < 1.29 is 4.74 Å². The molecule has 6 aromatic carbocycles. The molecule has 40 heavy (non-hydrogen) atoms. The lowest BCUT2D eigenvalue weighted by molar-refractivity contribution is 0.260. The first-order valence-electron chi connectivity index (χ1n) is 13.4. The lowest BCUT2D eigenvalue weighted by Crippen LogP contribution is -2.10. The second-order valence-electron chi connectivity index (χ2n) is 9.98. The summed E-state index contributed by atoms with van der Waals surface area (Å²) in [6.07, 6.45) is -0.287. The van der Waals surface area contributed by atoms with Crippen LogP contribution in [0.5, 0.6) is 5.75 Å². The molecule has 7 rings (SSSR count). The van der Waals surface area contributed by atoms with Crippen LogP contribution in [-0.4, -0.2) is 0 Å². The fourth-order valence-corrected chi connectivity index (χ4v) is 5.51. The first kappa shape index (κ1) is 24.3. The third-order valence-corrected chi connectivity index (χ3v) is 7.65. The Morgan fingerprint density at radius 2 is 0.900 bits per heavy atom. The van der Waals surface area contributed by atoms with E-state index < -0.39 is 0 Å². The van der Waals surface area contributed by atoms with Gasteiger partial charge in [0.2, 0.25) is 0 Å². The fraction of sp³-hybridized carbons (Fsp3) is 0.0270. The number of fused-ring (bicyclic) bond motifs is 1. The summed E-state index contributed by atoms with van der Waals surface area (Å²) in [4.78, 5) is 0. The largest absolute Gasteiger partial charge is 0.464 e. The van der Waals surface area contributed by atoms with E-state index in [1.165, 1.54) is 33.4 Å². The molecule has 2 nitrogen and oxygen atoms in total. The molecule has 1 aliphatic rings. The van der Waals surface area contributed by atoms with Gasteiger partial charge in [0.1, 0.15) is 5.75 Å². The topological polar surface area (TPSA) is 21.3 Å². The molecular formula is C37H26ClNO. The van der Waals surface area contributed by atoms with Crippen molar-refractivity contribution in [3.63, 3.8) is 0 Å². The summed E-state index contributed by atoms with van der Waals surface area (Å²) >= 11 is 6.53. The molecule has 1 unspecified atom stereocenters. The molecule has 0 bridgehead atoms. The Kier molecular flexibility index (Phi) is 6.31. The zero-order valence-electron chi connectivity index (χ0n) is 21.7. The zero-order chi connectivity index (χ0) is 26.9. The van der Waals surface area contributed by atoms with Crippen molar-refractivity contribution in [2.24, 2.45) is 0 Å². The van der Waals surface area contributed by atoms with Crippen molar-refractivity contribution in [3.05, 3.63) is 156 Å². The summed E-state index contributed by atoms with van der Waals surface area (Å²) in [5, 5.41) is 4.25. The van der Waals surface area contributed by atoms with Gasteiger partial charge in [-0.25, -0.2) is 0 Å². The van der Waals surface area contributed by atoms with Crippen molar-refractivity contribution in [2.75, 3.05) is 5.32 Å². The predicted octanol–water partition coefficient (Wildman–Crippen LogP) is 10.5. The molecule has 0 aromatic heterocycles. The van der Waals surface area contributed by atoms with Crippen molar-refractivity contribution in [1.29, 1.82) is 0 Å². The van der Waals surface area contributed by atoms with E-state index >= 15 is 0 Å². The van der Waals surface area contributed by atoms with Crippen LogP contribution in [-0.2, 0) is 0 Å². The van der Waals surface area contributed by atoms with Gasteiger partial charge in [0.25, 0.3) is 0 Å². The second kappa shape index (κ2) is 10.4. The van der Waals surface area contributed by atoms with Crippen LogP contribution in [0.2, 0.25) is 5.02 Å². The molecule has 0 fully saturated rings. The summed E-state index contributed by atoms with van der Waals surface area (Å²) in [5.74, 6) is 0.764. The third kappa shape index (κ3) is 4.75. The highest BCUT2D eigenvalue weighted by Crippen LogP contribution is 2.46. The molecule has 6 aromatic rings. The molecule has 0 radical (unpaired) electrons. The third-order valence-electron chi connectivity index (χ3n) is 7.43. The number of rotatable bonds is 5. The highest BCUT2D eigenvalue weighted by molar-refractivity contribution is 6.31. The van der Waals surface area contributed by atoms with E-state index in [1.54, 1.807) is 0 Å². The molecule has 1 aliphatic heterocycles. The maximum absolute atomic E-state index is 6.53. The van der Waals surface area contributed by atoms with Gasteiger partial charge in [0.05, 0.1) is 5.69 Å². The van der Waals surface area contributed by atoms with E-state index in [0.717, 1.165) is 28.1 Å². The van der Waals surface area contributed by atoms with Crippen molar-refractivity contribution in [3.8, 4) is 50.3 Å². The predicted molar refractivity (Wildman–Crippen MR) is 167 cm³/mol. The van der Waals surface area contributed by atoms with Crippen LogP contribution in [0, 0.1) is 0 Å². The van der Waals surface area contributed by atoms with E-state index in [1.807, 2.05) is 24.3 Å². The Morgan fingerprint density at radius 1 is 0.475 bits per heavy atom. The minimum atomic E-state index is -0.287. The van der Waals surface area contributed by atoms with Gasteiger partial charge in [-0.05, 0) is 45.0 Å². The maximum atomic E-state index is 6.53. The summed E-state index contributed by atoms with van der Waals surface area (Å²) in [5.41, 5.74) is 11.3. The Morgan fingerprint density at radius 3 is 1.40 bits per heavy atom. The SMILES string of the molecule is Clc1cc2c(c(-c3ccc(-c4ccccc4)cc3)c1)NC(c1ccc(-c3ccc(-c4ccccc4)cc3)cc1)O2. The molecule has 1 atom stereocenters.